The van der Waals surface area contributed by atoms with Crippen LogP contribution in [0.5, 0.6) is 5.75 Å². The Bertz CT molecular complexity index is 1050. The highest BCUT2D eigenvalue weighted by Crippen LogP contribution is 2.40. The molecule has 0 saturated carbocycles. The van der Waals surface area contributed by atoms with Crippen molar-refractivity contribution in [3.63, 3.8) is 0 Å². The number of anilines is 1. The number of benzene rings is 3. The SMILES string of the molecule is Cn1c2ccccc2c2c3c(ccc21)CN(c1ccccc1)CO3. The molecule has 0 unspecified atom stereocenters. The molecule has 0 saturated heterocycles. The van der Waals surface area contributed by atoms with Crippen molar-refractivity contribution in [3.05, 3.63) is 72.3 Å². The molecule has 0 spiro atoms. The number of fused-ring (bicyclic) bond motifs is 5. The van der Waals surface area contributed by atoms with Crippen LogP contribution in [-0.4, -0.2) is 11.3 Å². The van der Waals surface area contributed by atoms with Crippen molar-refractivity contribution in [3.8, 4) is 5.75 Å². The first-order chi connectivity index (χ1) is 11.8. The average Bonchev–Trinajstić information content (AvgIpc) is 2.95. The third-order valence-corrected chi connectivity index (χ3v) is 4.96. The van der Waals surface area contributed by atoms with Gasteiger partial charge in [0.05, 0.1) is 10.9 Å². The van der Waals surface area contributed by atoms with E-state index in [9.17, 15) is 0 Å². The van der Waals surface area contributed by atoms with Crippen molar-refractivity contribution in [1.29, 1.82) is 0 Å². The molecule has 1 aromatic heterocycles. The van der Waals surface area contributed by atoms with E-state index >= 15 is 0 Å². The van der Waals surface area contributed by atoms with Gasteiger partial charge < -0.3 is 14.2 Å². The second-order valence-corrected chi connectivity index (χ2v) is 6.33. The summed E-state index contributed by atoms with van der Waals surface area (Å²) in [6.45, 7) is 1.46. The van der Waals surface area contributed by atoms with Crippen molar-refractivity contribution in [1.82, 2.24) is 4.57 Å². The van der Waals surface area contributed by atoms with E-state index in [4.69, 9.17) is 4.74 Å². The number of para-hydroxylation sites is 2. The van der Waals surface area contributed by atoms with Crippen LogP contribution >= 0.6 is 0 Å². The molecular weight excluding hydrogens is 296 g/mol. The Morgan fingerprint density at radius 1 is 0.833 bits per heavy atom. The Morgan fingerprint density at radius 3 is 2.50 bits per heavy atom. The van der Waals surface area contributed by atoms with Gasteiger partial charge in [0.2, 0.25) is 0 Å². The maximum absolute atomic E-state index is 6.24. The summed E-state index contributed by atoms with van der Waals surface area (Å²) in [5, 5.41) is 2.50. The van der Waals surface area contributed by atoms with Crippen molar-refractivity contribution in [2.24, 2.45) is 7.05 Å². The highest BCUT2D eigenvalue weighted by molar-refractivity contribution is 6.11. The number of nitrogens with zero attached hydrogens (tertiary/aromatic N) is 2. The lowest BCUT2D eigenvalue weighted by Gasteiger charge is -2.31. The number of rotatable bonds is 1. The van der Waals surface area contributed by atoms with Crippen LogP contribution in [0, 0.1) is 0 Å². The molecule has 5 rings (SSSR count). The van der Waals surface area contributed by atoms with Crippen LogP contribution in [0.1, 0.15) is 5.56 Å². The summed E-state index contributed by atoms with van der Waals surface area (Å²) in [6.07, 6.45) is 0. The molecule has 118 valence electrons. The molecule has 24 heavy (non-hydrogen) atoms. The molecule has 0 aliphatic carbocycles. The van der Waals surface area contributed by atoms with Crippen molar-refractivity contribution < 1.29 is 4.74 Å². The van der Waals surface area contributed by atoms with Gasteiger partial charge in [-0.15, -0.1) is 0 Å². The molecule has 0 radical (unpaired) electrons. The van der Waals surface area contributed by atoms with Gasteiger partial charge in [-0.25, -0.2) is 0 Å². The van der Waals surface area contributed by atoms with Gasteiger partial charge in [0, 0.05) is 35.7 Å². The molecule has 3 nitrogen and oxygen atoms in total. The number of aryl methyl sites for hydroxylation is 1. The minimum Gasteiger partial charge on any atom is -0.472 e. The third-order valence-electron chi connectivity index (χ3n) is 4.96. The highest BCUT2D eigenvalue weighted by Gasteiger charge is 2.22. The Balaban J connectivity index is 1.69. The summed E-state index contributed by atoms with van der Waals surface area (Å²) in [6, 6.07) is 23.4. The zero-order valence-corrected chi connectivity index (χ0v) is 13.6. The fourth-order valence-corrected chi connectivity index (χ4v) is 3.75. The lowest BCUT2D eigenvalue weighted by atomic mass is 10.1. The Kier molecular flexibility index (Phi) is 2.83. The molecule has 4 aromatic rings. The topological polar surface area (TPSA) is 17.4 Å². The summed E-state index contributed by atoms with van der Waals surface area (Å²) < 4.78 is 8.49. The summed E-state index contributed by atoms with van der Waals surface area (Å²) in [5.74, 6) is 1.04. The molecular formula is C21H18N2O. The van der Waals surface area contributed by atoms with E-state index in [0.29, 0.717) is 6.73 Å². The van der Waals surface area contributed by atoms with Gasteiger partial charge in [-0.2, -0.15) is 0 Å². The van der Waals surface area contributed by atoms with Gasteiger partial charge in [0.25, 0.3) is 0 Å². The molecule has 0 atom stereocenters. The van der Waals surface area contributed by atoms with Crippen LogP contribution in [0.2, 0.25) is 0 Å². The van der Waals surface area contributed by atoms with Gasteiger partial charge in [-0.1, -0.05) is 42.5 Å². The quantitative estimate of drug-likeness (QED) is 0.507. The van der Waals surface area contributed by atoms with E-state index in [1.165, 1.54) is 33.1 Å². The van der Waals surface area contributed by atoms with Gasteiger partial charge in [-0.3, -0.25) is 0 Å². The summed E-state index contributed by atoms with van der Waals surface area (Å²) in [5.41, 5.74) is 4.91. The Morgan fingerprint density at radius 2 is 1.62 bits per heavy atom. The molecule has 0 N–H and O–H groups in total. The Labute approximate surface area is 140 Å². The Hall–Kier alpha value is -2.94. The van der Waals surface area contributed by atoms with Gasteiger partial charge in [0.15, 0.2) is 6.73 Å². The van der Waals surface area contributed by atoms with Crippen LogP contribution in [0.4, 0.5) is 5.69 Å². The zero-order chi connectivity index (χ0) is 16.1. The van der Waals surface area contributed by atoms with Crippen LogP contribution in [0.3, 0.4) is 0 Å². The van der Waals surface area contributed by atoms with Gasteiger partial charge in [-0.05, 0) is 24.3 Å². The number of aromatic nitrogens is 1. The smallest absolute Gasteiger partial charge is 0.161 e. The van der Waals surface area contributed by atoms with Crippen molar-refractivity contribution in [2.75, 3.05) is 11.6 Å². The molecule has 3 heteroatoms. The van der Waals surface area contributed by atoms with Crippen LogP contribution < -0.4 is 9.64 Å². The third kappa shape index (κ3) is 1.84. The monoisotopic (exact) mass is 314 g/mol. The standard InChI is InChI=1S/C21H18N2O/c1-22-18-10-6-5-9-17(18)20-19(22)12-11-15-13-23(14-24-21(15)20)16-7-3-2-4-8-16/h2-12H,13-14H2,1H3. The molecule has 3 aromatic carbocycles. The molecule has 0 fully saturated rings. The summed E-state index contributed by atoms with van der Waals surface area (Å²) in [4.78, 5) is 2.26. The molecule has 2 heterocycles. The second-order valence-electron chi connectivity index (χ2n) is 6.33. The largest absolute Gasteiger partial charge is 0.472 e. The fourth-order valence-electron chi connectivity index (χ4n) is 3.75. The first-order valence-electron chi connectivity index (χ1n) is 8.25. The van der Waals surface area contributed by atoms with E-state index in [2.05, 4.69) is 77.2 Å². The van der Waals surface area contributed by atoms with Crippen LogP contribution in [0.15, 0.2) is 66.7 Å². The van der Waals surface area contributed by atoms with E-state index in [-0.39, 0.29) is 0 Å². The number of hydrogen-bond donors (Lipinski definition) is 0. The zero-order valence-electron chi connectivity index (χ0n) is 13.6. The van der Waals surface area contributed by atoms with E-state index < -0.39 is 0 Å². The van der Waals surface area contributed by atoms with Crippen molar-refractivity contribution in [2.45, 2.75) is 6.54 Å². The maximum atomic E-state index is 6.24. The average molecular weight is 314 g/mol. The van der Waals surface area contributed by atoms with E-state index in [1.807, 2.05) is 6.07 Å². The van der Waals surface area contributed by atoms with Gasteiger partial charge >= 0.3 is 0 Å². The van der Waals surface area contributed by atoms with Crippen molar-refractivity contribution >= 4 is 27.5 Å². The van der Waals surface area contributed by atoms with E-state index in [0.717, 1.165) is 12.3 Å². The molecule has 1 aliphatic rings. The number of ether oxygens (including phenoxy) is 1. The first-order valence-corrected chi connectivity index (χ1v) is 8.25. The molecule has 0 amide bonds. The lowest BCUT2D eigenvalue weighted by molar-refractivity contribution is 0.293. The first kappa shape index (κ1) is 13.5. The maximum Gasteiger partial charge on any atom is 0.161 e. The number of hydrogen-bond acceptors (Lipinski definition) is 2. The normalized spacial score (nSPS) is 14.0. The fraction of sp³-hybridized carbons (Fsp3) is 0.143. The predicted molar refractivity (Wildman–Crippen MR) is 98.5 cm³/mol. The van der Waals surface area contributed by atoms with Crippen LogP contribution in [-0.2, 0) is 13.6 Å². The molecule has 0 bridgehead atoms. The van der Waals surface area contributed by atoms with Crippen LogP contribution in [0.25, 0.3) is 21.8 Å². The summed E-state index contributed by atoms with van der Waals surface area (Å²) >= 11 is 0. The van der Waals surface area contributed by atoms with Gasteiger partial charge in [0.1, 0.15) is 5.75 Å². The minimum atomic E-state index is 0.583. The minimum absolute atomic E-state index is 0.583. The van der Waals surface area contributed by atoms with E-state index in [1.54, 1.807) is 0 Å². The highest BCUT2D eigenvalue weighted by atomic mass is 16.5. The summed E-state index contributed by atoms with van der Waals surface area (Å²) in [7, 11) is 2.12. The molecule has 1 aliphatic heterocycles. The second kappa shape index (κ2) is 5.03. The predicted octanol–water partition coefficient (Wildman–Crippen LogP) is 4.69. The lowest BCUT2D eigenvalue weighted by Crippen LogP contribution is -2.31.